The molecule has 4 nitrogen and oxygen atoms in total. The lowest BCUT2D eigenvalue weighted by atomic mass is 10.2. The minimum absolute atomic E-state index is 0.110. The molecular weight excluding hydrogens is 294 g/mol. The fourth-order valence-corrected chi connectivity index (χ4v) is 3.66. The molecule has 1 atom stereocenters. The first-order valence-corrected chi connectivity index (χ1v) is 8.25. The van der Waals surface area contributed by atoms with Crippen LogP contribution >= 0.6 is 23.4 Å². The molecule has 0 bridgehead atoms. The van der Waals surface area contributed by atoms with Gasteiger partial charge < -0.3 is 10.3 Å². The second-order valence-electron chi connectivity index (χ2n) is 4.97. The summed E-state index contributed by atoms with van der Waals surface area (Å²) in [5, 5.41) is 4.63. The van der Waals surface area contributed by atoms with Gasteiger partial charge in [-0.2, -0.15) is 11.8 Å². The number of aromatic amines is 1. The Balaban J connectivity index is 1.79. The zero-order chi connectivity index (χ0) is 13.9. The van der Waals surface area contributed by atoms with Crippen LogP contribution in [0.3, 0.4) is 0 Å². The second kappa shape index (κ2) is 6.16. The van der Waals surface area contributed by atoms with Crippen LogP contribution in [0.4, 0.5) is 0 Å². The number of hydrogen-bond acceptors (Lipinski definition) is 4. The van der Waals surface area contributed by atoms with E-state index < -0.39 is 0 Å². The van der Waals surface area contributed by atoms with Gasteiger partial charge in [-0.15, -0.1) is 0 Å². The fraction of sp³-hybridized carbons (Fsp3) is 0.429. The number of fused-ring (bicyclic) bond motifs is 1. The van der Waals surface area contributed by atoms with Crippen molar-refractivity contribution in [1.82, 2.24) is 15.3 Å². The highest BCUT2D eigenvalue weighted by atomic mass is 35.5. The summed E-state index contributed by atoms with van der Waals surface area (Å²) in [5.41, 5.74) is 0.539. The van der Waals surface area contributed by atoms with E-state index >= 15 is 0 Å². The molecule has 2 heterocycles. The second-order valence-corrected chi connectivity index (χ2v) is 6.56. The molecule has 1 aromatic heterocycles. The minimum atomic E-state index is -0.110. The number of benzene rings is 1. The van der Waals surface area contributed by atoms with Gasteiger partial charge in [-0.05, 0) is 36.8 Å². The van der Waals surface area contributed by atoms with Crippen molar-refractivity contribution in [3.05, 3.63) is 39.4 Å². The van der Waals surface area contributed by atoms with Crippen molar-refractivity contribution in [3.63, 3.8) is 0 Å². The van der Waals surface area contributed by atoms with Gasteiger partial charge in [0, 0.05) is 16.8 Å². The number of halogens is 1. The third kappa shape index (κ3) is 3.16. The van der Waals surface area contributed by atoms with Crippen molar-refractivity contribution in [1.29, 1.82) is 0 Å². The van der Waals surface area contributed by atoms with Gasteiger partial charge in [0.15, 0.2) is 0 Å². The summed E-state index contributed by atoms with van der Waals surface area (Å²) < 4.78 is 0. The quantitative estimate of drug-likeness (QED) is 0.915. The zero-order valence-corrected chi connectivity index (χ0v) is 12.6. The number of aromatic nitrogens is 2. The van der Waals surface area contributed by atoms with Crippen molar-refractivity contribution in [2.45, 2.75) is 25.4 Å². The summed E-state index contributed by atoms with van der Waals surface area (Å²) in [5.74, 6) is 3.05. The Bertz CT molecular complexity index is 667. The van der Waals surface area contributed by atoms with Gasteiger partial charge in [-0.25, -0.2) is 4.98 Å². The maximum absolute atomic E-state index is 12.0. The largest absolute Gasteiger partial charge is 0.309 e. The average Bonchev–Trinajstić information content (AvgIpc) is 2.46. The van der Waals surface area contributed by atoms with Gasteiger partial charge >= 0.3 is 0 Å². The van der Waals surface area contributed by atoms with E-state index in [1.165, 1.54) is 18.6 Å². The van der Waals surface area contributed by atoms with E-state index in [4.69, 9.17) is 11.6 Å². The molecule has 1 unspecified atom stereocenters. The molecule has 0 spiro atoms. The minimum Gasteiger partial charge on any atom is -0.309 e. The maximum Gasteiger partial charge on any atom is 0.258 e. The van der Waals surface area contributed by atoms with Crippen LogP contribution in [0.25, 0.3) is 10.9 Å². The van der Waals surface area contributed by atoms with Crippen molar-refractivity contribution in [2.75, 3.05) is 11.5 Å². The Morgan fingerprint density at radius 3 is 3.20 bits per heavy atom. The van der Waals surface area contributed by atoms with E-state index in [2.05, 4.69) is 15.3 Å². The fourth-order valence-electron chi connectivity index (χ4n) is 2.39. The molecule has 1 aliphatic rings. The van der Waals surface area contributed by atoms with Crippen LogP contribution in [0.15, 0.2) is 23.0 Å². The summed E-state index contributed by atoms with van der Waals surface area (Å²) in [6, 6.07) is 5.65. The highest BCUT2D eigenvalue weighted by Gasteiger charge is 2.13. The van der Waals surface area contributed by atoms with E-state index in [9.17, 15) is 4.79 Å². The summed E-state index contributed by atoms with van der Waals surface area (Å²) in [4.78, 5) is 19.3. The average molecular weight is 310 g/mol. The summed E-state index contributed by atoms with van der Waals surface area (Å²) in [7, 11) is 0. The lowest BCUT2D eigenvalue weighted by Crippen LogP contribution is -2.34. The molecule has 0 saturated carbocycles. The molecule has 6 heteroatoms. The predicted octanol–water partition coefficient (Wildman–Crippen LogP) is 2.56. The zero-order valence-electron chi connectivity index (χ0n) is 11.0. The van der Waals surface area contributed by atoms with Crippen LogP contribution in [0.5, 0.6) is 0 Å². The Labute approximate surface area is 126 Å². The first-order chi connectivity index (χ1) is 9.72. The number of nitrogens with one attached hydrogen (secondary N) is 2. The first kappa shape index (κ1) is 13.9. The maximum atomic E-state index is 12.0. The first-order valence-electron chi connectivity index (χ1n) is 6.72. The number of rotatable bonds is 3. The van der Waals surface area contributed by atoms with E-state index in [0.29, 0.717) is 34.3 Å². The van der Waals surface area contributed by atoms with E-state index in [1.807, 2.05) is 11.8 Å². The molecule has 106 valence electrons. The van der Waals surface area contributed by atoms with Gasteiger partial charge in [0.2, 0.25) is 0 Å². The number of hydrogen-bond donors (Lipinski definition) is 2. The normalized spacial score (nSPS) is 19.4. The summed E-state index contributed by atoms with van der Waals surface area (Å²) in [6.45, 7) is 0.586. The van der Waals surface area contributed by atoms with Gasteiger partial charge in [0.25, 0.3) is 5.56 Å². The highest BCUT2D eigenvalue weighted by molar-refractivity contribution is 7.99. The number of nitrogens with zero attached hydrogens (tertiary/aromatic N) is 1. The topological polar surface area (TPSA) is 57.8 Å². The molecule has 0 aliphatic carbocycles. The summed E-state index contributed by atoms with van der Waals surface area (Å²) >= 11 is 7.93. The van der Waals surface area contributed by atoms with Gasteiger partial charge in [0.1, 0.15) is 5.82 Å². The molecule has 3 rings (SSSR count). The predicted molar refractivity (Wildman–Crippen MR) is 84.6 cm³/mol. The van der Waals surface area contributed by atoms with Crippen LogP contribution in [0.2, 0.25) is 5.02 Å². The molecule has 2 aromatic rings. The standard InChI is InChI=1S/C14H16ClN3OS/c15-9-3-4-11-12(6-9)17-13(18-14(11)19)7-16-10-2-1-5-20-8-10/h3-4,6,10,16H,1-2,5,7-8H2,(H,17,18,19). The lowest BCUT2D eigenvalue weighted by molar-refractivity contribution is 0.499. The molecular formula is C14H16ClN3OS. The molecule has 1 aromatic carbocycles. The van der Waals surface area contributed by atoms with Crippen LogP contribution in [-0.4, -0.2) is 27.5 Å². The molecule has 2 N–H and O–H groups in total. The SMILES string of the molecule is O=c1[nH]c(CNC2CCCSC2)nc2cc(Cl)ccc12. The Hall–Kier alpha value is -1.04. The Morgan fingerprint density at radius 1 is 1.50 bits per heavy atom. The van der Waals surface area contributed by atoms with Crippen molar-refractivity contribution in [2.24, 2.45) is 0 Å². The van der Waals surface area contributed by atoms with E-state index in [1.54, 1.807) is 18.2 Å². The van der Waals surface area contributed by atoms with Gasteiger partial charge in [0.05, 0.1) is 17.4 Å². The monoisotopic (exact) mass is 309 g/mol. The third-order valence-corrected chi connectivity index (χ3v) is 4.89. The van der Waals surface area contributed by atoms with Gasteiger partial charge in [-0.1, -0.05) is 11.6 Å². The van der Waals surface area contributed by atoms with E-state index in [-0.39, 0.29) is 5.56 Å². The van der Waals surface area contributed by atoms with Crippen LogP contribution in [0.1, 0.15) is 18.7 Å². The Morgan fingerprint density at radius 2 is 2.40 bits per heavy atom. The Kier molecular flexibility index (Phi) is 4.29. The van der Waals surface area contributed by atoms with Crippen LogP contribution < -0.4 is 10.9 Å². The molecule has 1 aliphatic heterocycles. The molecule has 1 saturated heterocycles. The van der Waals surface area contributed by atoms with Crippen LogP contribution in [-0.2, 0) is 6.54 Å². The van der Waals surface area contributed by atoms with Crippen molar-refractivity contribution >= 4 is 34.3 Å². The van der Waals surface area contributed by atoms with Gasteiger partial charge in [-0.3, -0.25) is 4.79 Å². The highest BCUT2D eigenvalue weighted by Crippen LogP contribution is 2.17. The molecule has 0 amide bonds. The van der Waals surface area contributed by atoms with E-state index in [0.717, 1.165) is 5.75 Å². The van der Waals surface area contributed by atoms with Crippen molar-refractivity contribution in [3.8, 4) is 0 Å². The van der Waals surface area contributed by atoms with Crippen LogP contribution in [0, 0.1) is 0 Å². The lowest BCUT2D eigenvalue weighted by Gasteiger charge is -2.22. The molecule has 1 fully saturated rings. The number of thioether (sulfide) groups is 1. The number of H-pyrrole nitrogens is 1. The summed E-state index contributed by atoms with van der Waals surface area (Å²) in [6.07, 6.45) is 2.44. The third-order valence-electron chi connectivity index (χ3n) is 3.44. The molecule has 20 heavy (non-hydrogen) atoms. The smallest absolute Gasteiger partial charge is 0.258 e. The molecule has 0 radical (unpaired) electrons. The van der Waals surface area contributed by atoms with Crippen molar-refractivity contribution < 1.29 is 0 Å².